The predicted octanol–water partition coefficient (Wildman–Crippen LogP) is 1.57. The van der Waals surface area contributed by atoms with E-state index in [1.807, 2.05) is 30.1 Å². The highest BCUT2D eigenvalue weighted by Crippen LogP contribution is 2.39. The van der Waals surface area contributed by atoms with Gasteiger partial charge in [-0.3, -0.25) is 0 Å². The summed E-state index contributed by atoms with van der Waals surface area (Å²) in [7, 11) is 3.49. The number of aromatic nitrogens is 3. The lowest BCUT2D eigenvalue weighted by atomic mass is 9.95. The number of hydrogen-bond acceptors (Lipinski definition) is 7. The van der Waals surface area contributed by atoms with Crippen molar-refractivity contribution in [3.63, 3.8) is 0 Å². The van der Waals surface area contributed by atoms with Gasteiger partial charge in [-0.2, -0.15) is 5.06 Å². The van der Waals surface area contributed by atoms with Gasteiger partial charge >= 0.3 is 7.48 Å². The summed E-state index contributed by atoms with van der Waals surface area (Å²) in [5.74, 6) is 0.612. The largest absolute Gasteiger partial charge is 0.366 e. The lowest BCUT2D eigenvalue weighted by Crippen LogP contribution is -2.57. The molecule has 0 saturated carbocycles. The second-order valence-electron chi connectivity index (χ2n) is 5.66. The molecule has 0 N–H and O–H groups in total. The van der Waals surface area contributed by atoms with E-state index in [-0.39, 0.29) is 18.1 Å². The molecule has 0 aliphatic carbocycles. The molecule has 2 fully saturated rings. The quantitative estimate of drug-likeness (QED) is 0.602. The highest BCUT2D eigenvalue weighted by molar-refractivity contribution is 7.98. The zero-order valence-corrected chi connectivity index (χ0v) is 13.8. The molecule has 9 heteroatoms. The van der Waals surface area contributed by atoms with Crippen LogP contribution in [-0.2, 0) is 4.76 Å². The molecule has 2 saturated heterocycles. The third-order valence-electron chi connectivity index (χ3n) is 4.53. The van der Waals surface area contributed by atoms with Gasteiger partial charge < -0.3 is 9.65 Å². The van der Waals surface area contributed by atoms with Gasteiger partial charge in [0.1, 0.15) is 6.17 Å². The monoisotopic (exact) mass is 324 g/mol. The van der Waals surface area contributed by atoms with Crippen LogP contribution in [0.4, 0.5) is 10.2 Å². The molecule has 2 bridgehead atoms. The van der Waals surface area contributed by atoms with E-state index in [2.05, 4.69) is 15.2 Å². The molecule has 1 aromatic heterocycles. The second kappa shape index (κ2) is 6.68. The number of thioether (sulfide) groups is 1. The zero-order valence-electron chi connectivity index (χ0n) is 13.0. The van der Waals surface area contributed by atoms with Crippen molar-refractivity contribution in [2.45, 2.75) is 55.5 Å². The topological polar surface area (TPSA) is 54.4 Å². The van der Waals surface area contributed by atoms with Crippen molar-refractivity contribution in [3.05, 3.63) is 6.20 Å². The van der Waals surface area contributed by atoms with Gasteiger partial charge in [0.05, 0.1) is 18.3 Å². The Morgan fingerprint density at radius 3 is 2.91 bits per heavy atom. The van der Waals surface area contributed by atoms with E-state index in [4.69, 9.17) is 4.76 Å². The molecule has 0 spiro atoms. The number of anilines is 1. The smallest absolute Gasteiger partial charge is 0.321 e. The minimum absolute atomic E-state index is 0.186. The number of alkyl halides is 1. The first-order valence-electron chi connectivity index (χ1n) is 7.49. The number of piperidine rings is 1. The lowest BCUT2D eigenvalue weighted by Gasteiger charge is -2.43. The van der Waals surface area contributed by atoms with Gasteiger partial charge in [-0.25, -0.2) is 9.37 Å². The van der Waals surface area contributed by atoms with Crippen LogP contribution in [0.2, 0.25) is 6.82 Å². The van der Waals surface area contributed by atoms with Gasteiger partial charge in [-0.1, -0.05) is 18.6 Å². The van der Waals surface area contributed by atoms with E-state index < -0.39 is 6.17 Å². The molecule has 119 valence electrons. The highest BCUT2D eigenvalue weighted by Gasteiger charge is 2.49. The Hall–Kier alpha value is -0.925. The summed E-state index contributed by atoms with van der Waals surface area (Å²) in [6, 6.07) is -0.147. The van der Waals surface area contributed by atoms with E-state index in [0.717, 1.165) is 12.8 Å². The molecule has 6 nitrogen and oxygen atoms in total. The Morgan fingerprint density at radius 1 is 1.45 bits per heavy atom. The van der Waals surface area contributed by atoms with E-state index in [1.165, 1.54) is 11.8 Å². The van der Waals surface area contributed by atoms with Crippen molar-refractivity contribution in [3.8, 4) is 0 Å². The SMILES string of the molecule is C[B]ON1[C@@H]2CC[C@H]1[C@H](F)[C@H](N(C)c1cnc(SC)nn1)C2. The number of fused-ring (bicyclic) bond motifs is 2. The molecule has 0 unspecified atom stereocenters. The minimum Gasteiger partial charge on any atom is -0.366 e. The van der Waals surface area contributed by atoms with Crippen molar-refractivity contribution in [2.75, 3.05) is 18.2 Å². The molecule has 2 aliphatic heterocycles. The van der Waals surface area contributed by atoms with Gasteiger partial charge in [-0.15, -0.1) is 10.2 Å². The van der Waals surface area contributed by atoms with Crippen LogP contribution in [0.5, 0.6) is 0 Å². The normalized spacial score (nSPS) is 31.3. The van der Waals surface area contributed by atoms with Crippen molar-refractivity contribution in [2.24, 2.45) is 0 Å². The number of rotatable bonds is 5. The van der Waals surface area contributed by atoms with Crippen LogP contribution in [0.15, 0.2) is 11.4 Å². The number of hydrogen-bond donors (Lipinski definition) is 0. The first kappa shape index (κ1) is 16.0. The van der Waals surface area contributed by atoms with E-state index in [9.17, 15) is 4.39 Å². The lowest BCUT2D eigenvalue weighted by molar-refractivity contribution is -0.144. The van der Waals surface area contributed by atoms with Crippen LogP contribution < -0.4 is 4.90 Å². The molecule has 1 radical (unpaired) electrons. The van der Waals surface area contributed by atoms with Gasteiger partial charge in [-0.05, 0) is 25.5 Å². The van der Waals surface area contributed by atoms with Gasteiger partial charge in [0, 0.05) is 13.1 Å². The van der Waals surface area contributed by atoms with Crippen LogP contribution in [-0.4, -0.2) is 65.3 Å². The Labute approximate surface area is 135 Å². The molecule has 3 heterocycles. The van der Waals surface area contributed by atoms with Crippen molar-refractivity contribution < 1.29 is 9.15 Å². The first-order chi connectivity index (χ1) is 10.7. The average molecular weight is 324 g/mol. The van der Waals surface area contributed by atoms with E-state index >= 15 is 0 Å². The van der Waals surface area contributed by atoms with Crippen molar-refractivity contribution >= 4 is 25.1 Å². The Kier molecular flexibility index (Phi) is 4.84. The van der Waals surface area contributed by atoms with Gasteiger partial charge in [0.15, 0.2) is 5.82 Å². The van der Waals surface area contributed by atoms with Gasteiger partial charge in [0.25, 0.3) is 0 Å². The molecule has 4 atom stereocenters. The molecule has 2 aliphatic rings. The van der Waals surface area contributed by atoms with Crippen molar-refractivity contribution in [1.82, 2.24) is 20.2 Å². The summed E-state index contributed by atoms with van der Waals surface area (Å²) < 4.78 is 20.5. The summed E-state index contributed by atoms with van der Waals surface area (Å²) in [6.07, 6.45) is 5.10. The summed E-state index contributed by atoms with van der Waals surface area (Å²) in [6.45, 7) is 1.82. The van der Waals surface area contributed by atoms with Crippen LogP contribution >= 0.6 is 11.8 Å². The van der Waals surface area contributed by atoms with Crippen LogP contribution in [0.25, 0.3) is 0 Å². The van der Waals surface area contributed by atoms with Crippen LogP contribution in [0.1, 0.15) is 19.3 Å². The average Bonchev–Trinajstić information content (AvgIpc) is 2.85. The molecule has 0 amide bonds. The maximum absolute atomic E-state index is 14.9. The molecule has 22 heavy (non-hydrogen) atoms. The fourth-order valence-corrected chi connectivity index (χ4v) is 3.70. The van der Waals surface area contributed by atoms with Crippen LogP contribution in [0.3, 0.4) is 0 Å². The molecular formula is C13H20BFN5OS. The molecule has 1 aromatic rings. The Morgan fingerprint density at radius 2 is 2.27 bits per heavy atom. The first-order valence-corrected chi connectivity index (χ1v) is 8.71. The number of nitrogens with zero attached hydrogens (tertiary/aromatic N) is 5. The van der Waals surface area contributed by atoms with Gasteiger partial charge in [0.2, 0.25) is 5.16 Å². The van der Waals surface area contributed by atoms with E-state index in [1.54, 1.807) is 13.7 Å². The number of hydroxylamine groups is 2. The molecule has 0 aromatic carbocycles. The highest BCUT2D eigenvalue weighted by atomic mass is 32.2. The van der Waals surface area contributed by atoms with Crippen molar-refractivity contribution in [1.29, 1.82) is 0 Å². The molecular weight excluding hydrogens is 304 g/mol. The van der Waals surface area contributed by atoms with E-state index in [0.29, 0.717) is 17.4 Å². The predicted molar refractivity (Wildman–Crippen MR) is 84.7 cm³/mol. The summed E-state index contributed by atoms with van der Waals surface area (Å²) in [4.78, 5) is 6.09. The fraction of sp³-hybridized carbons (Fsp3) is 0.769. The summed E-state index contributed by atoms with van der Waals surface area (Å²) in [5.41, 5.74) is 0. The zero-order chi connectivity index (χ0) is 15.7. The third kappa shape index (κ3) is 2.81. The molecule has 3 rings (SSSR count). The van der Waals surface area contributed by atoms with Crippen LogP contribution in [0, 0.1) is 0 Å². The minimum atomic E-state index is -0.981. The maximum atomic E-state index is 14.9. The fourth-order valence-electron chi connectivity index (χ4n) is 3.42. The summed E-state index contributed by atoms with van der Waals surface area (Å²) in [5, 5.41) is 10.6. The summed E-state index contributed by atoms with van der Waals surface area (Å²) >= 11 is 1.44. The number of halogens is 1. The Balaban J connectivity index is 1.74. The second-order valence-corrected chi connectivity index (χ2v) is 6.43. The third-order valence-corrected chi connectivity index (χ3v) is 5.08. The Bertz CT molecular complexity index is 510. The standard InChI is InChI=1S/C13H20BFN5OS/c1-14-21-20-8-4-5-9(20)12(15)10(6-8)19(2)11-7-16-13(22-3)18-17-11/h7-10,12H,4-6H2,1-3H3/t8-,9+,10-,12+/m1/s1. The maximum Gasteiger partial charge on any atom is 0.321 e.